The minimum atomic E-state index is 0.240. The Morgan fingerprint density at radius 3 is 2.44 bits per heavy atom. The van der Waals surface area contributed by atoms with E-state index in [1.807, 2.05) is 13.0 Å². The van der Waals surface area contributed by atoms with Crippen molar-refractivity contribution in [2.45, 2.75) is 40.0 Å². The highest BCUT2D eigenvalue weighted by molar-refractivity contribution is 5.26. The van der Waals surface area contributed by atoms with Gasteiger partial charge in [-0.25, -0.2) is 0 Å². The van der Waals surface area contributed by atoms with Crippen LogP contribution in [0.25, 0.3) is 0 Å². The molecule has 0 nitrogen and oxygen atoms in total. The minimum Gasteiger partial charge on any atom is -0.119 e. The van der Waals surface area contributed by atoms with E-state index in [0.717, 1.165) is 24.8 Å². The maximum atomic E-state index is 5.54. The summed E-state index contributed by atoms with van der Waals surface area (Å²) in [5.74, 6) is 3.75. The Morgan fingerprint density at radius 2 is 2.00 bits per heavy atom. The van der Waals surface area contributed by atoms with Gasteiger partial charge >= 0.3 is 0 Å². The summed E-state index contributed by atoms with van der Waals surface area (Å²) in [7, 11) is 0. The second-order valence-electron chi connectivity index (χ2n) is 4.61. The molecule has 0 heteroatoms. The van der Waals surface area contributed by atoms with Crippen LogP contribution in [-0.4, -0.2) is 0 Å². The average Bonchev–Trinajstić information content (AvgIpc) is 2.24. The highest BCUT2D eigenvalue weighted by atomic mass is 14.1. The third-order valence-electron chi connectivity index (χ3n) is 2.88. The first-order valence-electron chi connectivity index (χ1n) is 5.92. The van der Waals surface area contributed by atoms with Gasteiger partial charge in [0.15, 0.2) is 0 Å². The maximum absolute atomic E-state index is 5.54. The molecule has 0 rings (SSSR count). The Balaban J connectivity index is 4.23. The zero-order chi connectivity index (χ0) is 12.6. The second kappa shape index (κ2) is 7.99. The highest BCUT2D eigenvalue weighted by Gasteiger charge is 2.06. The van der Waals surface area contributed by atoms with Crippen LogP contribution in [0.3, 0.4) is 0 Å². The van der Waals surface area contributed by atoms with Gasteiger partial charge < -0.3 is 0 Å². The lowest BCUT2D eigenvalue weighted by atomic mass is 9.93. The van der Waals surface area contributed by atoms with Crippen LogP contribution in [0.15, 0.2) is 36.5 Å². The van der Waals surface area contributed by atoms with E-state index in [-0.39, 0.29) is 5.92 Å². The van der Waals surface area contributed by atoms with Crippen molar-refractivity contribution in [1.29, 1.82) is 0 Å². The van der Waals surface area contributed by atoms with Crippen LogP contribution >= 0.6 is 0 Å². The molecule has 0 aromatic heterocycles. The van der Waals surface area contributed by atoms with Crippen molar-refractivity contribution >= 4 is 0 Å². The van der Waals surface area contributed by atoms with Crippen LogP contribution in [0.2, 0.25) is 0 Å². The van der Waals surface area contributed by atoms with Crippen LogP contribution < -0.4 is 0 Å². The fraction of sp³-hybridized carbons (Fsp3) is 0.500. The molecule has 16 heavy (non-hydrogen) atoms. The van der Waals surface area contributed by atoms with E-state index in [0.29, 0.717) is 5.92 Å². The highest BCUT2D eigenvalue weighted by Crippen LogP contribution is 2.18. The van der Waals surface area contributed by atoms with E-state index in [1.54, 1.807) is 0 Å². The Hall–Kier alpha value is -1.22. The summed E-state index contributed by atoms with van der Waals surface area (Å²) in [4.78, 5) is 0. The molecule has 0 aliphatic heterocycles. The monoisotopic (exact) mass is 216 g/mol. The summed E-state index contributed by atoms with van der Waals surface area (Å²) in [5.41, 5.74) is 2.30. The lowest BCUT2D eigenvalue weighted by Gasteiger charge is -2.12. The van der Waals surface area contributed by atoms with Gasteiger partial charge in [0, 0.05) is 5.92 Å². The maximum Gasteiger partial charge on any atom is 0.0385 e. The molecule has 2 unspecified atom stereocenters. The predicted molar refractivity (Wildman–Crippen MR) is 74.1 cm³/mol. The van der Waals surface area contributed by atoms with Crippen LogP contribution in [0.5, 0.6) is 0 Å². The van der Waals surface area contributed by atoms with E-state index in [1.165, 1.54) is 5.57 Å². The van der Waals surface area contributed by atoms with E-state index < -0.39 is 0 Å². The molecule has 0 radical (unpaired) electrons. The summed E-state index contributed by atoms with van der Waals surface area (Å²) in [6.07, 6.45) is 12.9. The van der Waals surface area contributed by atoms with Crippen molar-refractivity contribution in [3.63, 3.8) is 0 Å². The summed E-state index contributed by atoms with van der Waals surface area (Å²) in [5, 5.41) is 0. The van der Waals surface area contributed by atoms with Crippen LogP contribution in [0.1, 0.15) is 40.0 Å². The number of allylic oxidation sites excluding steroid dienone is 4. The molecular weight excluding hydrogens is 192 g/mol. The second-order valence-corrected chi connectivity index (χ2v) is 4.61. The molecule has 0 saturated heterocycles. The zero-order valence-electron chi connectivity index (χ0n) is 10.9. The first kappa shape index (κ1) is 14.8. The summed E-state index contributed by atoms with van der Waals surface area (Å²) >= 11 is 0. The molecule has 0 bridgehead atoms. The van der Waals surface area contributed by atoms with Gasteiger partial charge in [0.2, 0.25) is 0 Å². The first-order chi connectivity index (χ1) is 7.51. The molecule has 0 aromatic rings. The number of hydrogen-bond donors (Lipinski definition) is 0. The topological polar surface area (TPSA) is 0 Å². The zero-order valence-corrected chi connectivity index (χ0v) is 10.9. The van der Waals surface area contributed by atoms with Crippen LogP contribution in [0.4, 0.5) is 0 Å². The molecule has 0 aliphatic carbocycles. The molecule has 0 N–H and O–H groups in total. The number of terminal acetylenes is 1. The van der Waals surface area contributed by atoms with Crippen molar-refractivity contribution in [3.8, 4) is 12.3 Å². The Labute approximate surface area is 101 Å². The Bertz CT molecular complexity index is 298. The molecule has 0 amide bonds. The lowest BCUT2D eigenvalue weighted by molar-refractivity contribution is 0.495. The smallest absolute Gasteiger partial charge is 0.0385 e. The Kier molecular flexibility index (Phi) is 7.38. The average molecular weight is 216 g/mol. The normalized spacial score (nSPS) is 15.0. The summed E-state index contributed by atoms with van der Waals surface area (Å²) < 4.78 is 0. The minimum absolute atomic E-state index is 0.240. The SMILES string of the molecule is C#CC(/C=C(\C)C(=C)C)CCC(C)CC=C. The number of rotatable bonds is 7. The predicted octanol–water partition coefficient (Wildman–Crippen LogP) is 4.75. The van der Waals surface area contributed by atoms with Crippen molar-refractivity contribution < 1.29 is 0 Å². The van der Waals surface area contributed by atoms with E-state index in [4.69, 9.17) is 6.42 Å². The molecule has 88 valence electrons. The molecule has 0 heterocycles. The van der Waals surface area contributed by atoms with Gasteiger partial charge in [0.25, 0.3) is 0 Å². The number of hydrogen-bond acceptors (Lipinski definition) is 0. The van der Waals surface area contributed by atoms with Gasteiger partial charge in [0.1, 0.15) is 0 Å². The summed E-state index contributed by atoms with van der Waals surface area (Å²) in [6.45, 7) is 14.0. The van der Waals surface area contributed by atoms with Crippen molar-refractivity contribution in [1.82, 2.24) is 0 Å². The van der Waals surface area contributed by atoms with Crippen molar-refractivity contribution in [3.05, 3.63) is 36.5 Å². The van der Waals surface area contributed by atoms with Crippen molar-refractivity contribution in [2.75, 3.05) is 0 Å². The summed E-state index contributed by atoms with van der Waals surface area (Å²) in [6, 6.07) is 0. The molecular formula is C16H24. The van der Waals surface area contributed by atoms with Gasteiger partial charge in [0.05, 0.1) is 0 Å². The van der Waals surface area contributed by atoms with Gasteiger partial charge in [-0.2, -0.15) is 0 Å². The van der Waals surface area contributed by atoms with Gasteiger partial charge in [-0.1, -0.05) is 42.7 Å². The third-order valence-corrected chi connectivity index (χ3v) is 2.88. The Morgan fingerprint density at radius 1 is 1.38 bits per heavy atom. The van der Waals surface area contributed by atoms with Gasteiger partial charge in [-0.05, 0) is 39.0 Å². The van der Waals surface area contributed by atoms with Crippen molar-refractivity contribution in [2.24, 2.45) is 11.8 Å². The van der Waals surface area contributed by atoms with Crippen LogP contribution in [-0.2, 0) is 0 Å². The molecule has 0 fully saturated rings. The van der Waals surface area contributed by atoms with E-state index >= 15 is 0 Å². The molecule has 0 aromatic carbocycles. The third kappa shape index (κ3) is 6.30. The van der Waals surface area contributed by atoms with Gasteiger partial charge in [-0.3, -0.25) is 0 Å². The molecule has 0 saturated carbocycles. The van der Waals surface area contributed by atoms with E-state index in [2.05, 4.69) is 39.0 Å². The standard InChI is InChI=1S/C16H24/c1-7-9-14(5)10-11-16(8-2)12-15(6)13(3)4/h2,7,12,14,16H,1,3,9-11H2,4-6H3/b15-12+. The van der Waals surface area contributed by atoms with E-state index in [9.17, 15) is 0 Å². The molecule has 0 aliphatic rings. The molecule has 0 spiro atoms. The van der Waals surface area contributed by atoms with Crippen LogP contribution in [0, 0.1) is 24.2 Å². The fourth-order valence-corrected chi connectivity index (χ4v) is 1.53. The molecule has 2 atom stereocenters. The largest absolute Gasteiger partial charge is 0.119 e. The van der Waals surface area contributed by atoms with Gasteiger partial charge in [-0.15, -0.1) is 13.0 Å². The fourth-order valence-electron chi connectivity index (χ4n) is 1.53. The quantitative estimate of drug-likeness (QED) is 0.327. The first-order valence-corrected chi connectivity index (χ1v) is 5.92. The lowest BCUT2D eigenvalue weighted by Crippen LogP contribution is -2.00.